The number of nitrogens with one attached hydrogen (secondary N) is 1. The van der Waals surface area contributed by atoms with Crippen LogP contribution >= 0.6 is 0 Å². The number of carbonyl (C=O) groups is 1. The SMILES string of the molecule is O=C(COc1cccc(-c2nccc(Oc3ccc4c(c3)C=NC4)n2)c1)N1CCNCC1. The van der Waals surface area contributed by atoms with Gasteiger partial charge < -0.3 is 19.7 Å². The van der Waals surface area contributed by atoms with Gasteiger partial charge in [0.1, 0.15) is 11.5 Å². The number of aromatic nitrogens is 2. The monoisotopic (exact) mass is 429 g/mol. The fourth-order valence-corrected chi connectivity index (χ4v) is 3.68. The molecule has 1 amide bonds. The number of hydrogen-bond donors (Lipinski definition) is 1. The van der Waals surface area contributed by atoms with Crippen LogP contribution in [0.1, 0.15) is 11.1 Å². The lowest BCUT2D eigenvalue weighted by Gasteiger charge is -2.27. The van der Waals surface area contributed by atoms with Gasteiger partial charge in [0.05, 0.1) is 6.54 Å². The highest BCUT2D eigenvalue weighted by atomic mass is 16.5. The number of ether oxygens (including phenoxy) is 2. The normalized spacial score (nSPS) is 14.8. The van der Waals surface area contributed by atoms with Crippen LogP contribution in [0.5, 0.6) is 17.4 Å². The van der Waals surface area contributed by atoms with Crippen molar-refractivity contribution in [3.8, 4) is 28.8 Å². The topological polar surface area (TPSA) is 88.9 Å². The number of rotatable bonds is 6. The minimum Gasteiger partial charge on any atom is -0.484 e. The molecule has 0 saturated carbocycles. The third-order valence-electron chi connectivity index (χ3n) is 5.39. The van der Waals surface area contributed by atoms with Crippen LogP contribution in [0.3, 0.4) is 0 Å². The molecule has 0 spiro atoms. The first-order chi connectivity index (χ1) is 15.7. The molecule has 1 aromatic heterocycles. The summed E-state index contributed by atoms with van der Waals surface area (Å²) in [6, 6.07) is 15.0. The van der Waals surface area contributed by atoms with Gasteiger partial charge in [0.15, 0.2) is 12.4 Å². The van der Waals surface area contributed by atoms with Gasteiger partial charge in [-0.3, -0.25) is 9.79 Å². The molecule has 8 heteroatoms. The molecule has 3 heterocycles. The molecule has 0 atom stereocenters. The summed E-state index contributed by atoms with van der Waals surface area (Å²) in [4.78, 5) is 27.3. The first kappa shape index (κ1) is 20.1. The second-order valence-corrected chi connectivity index (χ2v) is 7.60. The molecule has 0 radical (unpaired) electrons. The molecule has 1 saturated heterocycles. The Morgan fingerprint density at radius 3 is 2.88 bits per heavy atom. The Morgan fingerprint density at radius 2 is 1.97 bits per heavy atom. The van der Waals surface area contributed by atoms with E-state index in [-0.39, 0.29) is 12.5 Å². The largest absolute Gasteiger partial charge is 0.484 e. The molecule has 8 nitrogen and oxygen atoms in total. The molecule has 2 aliphatic rings. The zero-order chi connectivity index (χ0) is 21.8. The van der Waals surface area contributed by atoms with E-state index < -0.39 is 0 Å². The second-order valence-electron chi connectivity index (χ2n) is 7.60. The zero-order valence-electron chi connectivity index (χ0n) is 17.5. The molecule has 0 aliphatic carbocycles. The van der Waals surface area contributed by atoms with Crippen molar-refractivity contribution in [1.82, 2.24) is 20.2 Å². The molecule has 1 fully saturated rings. The van der Waals surface area contributed by atoms with E-state index in [1.165, 1.54) is 5.56 Å². The lowest BCUT2D eigenvalue weighted by atomic mass is 10.1. The Hall–Kier alpha value is -3.78. The summed E-state index contributed by atoms with van der Waals surface area (Å²) in [5, 5.41) is 3.24. The maximum atomic E-state index is 12.3. The summed E-state index contributed by atoms with van der Waals surface area (Å²) < 4.78 is 11.7. The van der Waals surface area contributed by atoms with Gasteiger partial charge in [0, 0.05) is 55.8 Å². The molecule has 2 aliphatic heterocycles. The quantitative estimate of drug-likeness (QED) is 0.648. The Bertz CT molecular complexity index is 1160. The predicted octanol–water partition coefficient (Wildman–Crippen LogP) is 2.68. The lowest BCUT2D eigenvalue weighted by Crippen LogP contribution is -2.47. The molecule has 0 unspecified atom stereocenters. The van der Waals surface area contributed by atoms with E-state index in [1.54, 1.807) is 12.3 Å². The highest BCUT2D eigenvalue weighted by Crippen LogP contribution is 2.27. The van der Waals surface area contributed by atoms with Gasteiger partial charge in [-0.05, 0) is 29.8 Å². The van der Waals surface area contributed by atoms with Crippen molar-refractivity contribution in [1.29, 1.82) is 0 Å². The minimum atomic E-state index is -0.0112. The Kier molecular flexibility index (Phi) is 5.76. The van der Waals surface area contributed by atoms with Crippen molar-refractivity contribution in [2.75, 3.05) is 32.8 Å². The van der Waals surface area contributed by atoms with Crippen molar-refractivity contribution in [2.45, 2.75) is 6.54 Å². The number of hydrogen-bond acceptors (Lipinski definition) is 7. The number of fused-ring (bicyclic) bond motifs is 1. The number of piperazine rings is 1. The van der Waals surface area contributed by atoms with E-state index in [0.717, 1.165) is 24.2 Å². The third-order valence-corrected chi connectivity index (χ3v) is 5.39. The van der Waals surface area contributed by atoms with E-state index in [1.807, 2.05) is 53.6 Å². The summed E-state index contributed by atoms with van der Waals surface area (Å²) >= 11 is 0. The van der Waals surface area contributed by atoms with Crippen molar-refractivity contribution in [2.24, 2.45) is 4.99 Å². The van der Waals surface area contributed by atoms with Gasteiger partial charge in [-0.15, -0.1) is 0 Å². The van der Waals surface area contributed by atoms with Crippen molar-refractivity contribution in [3.63, 3.8) is 0 Å². The average Bonchev–Trinajstić information content (AvgIpc) is 3.31. The van der Waals surface area contributed by atoms with Crippen LogP contribution in [0.25, 0.3) is 11.4 Å². The maximum Gasteiger partial charge on any atom is 0.260 e. The lowest BCUT2D eigenvalue weighted by molar-refractivity contribution is -0.133. The predicted molar refractivity (Wildman–Crippen MR) is 120 cm³/mol. The summed E-state index contributed by atoms with van der Waals surface area (Å²) in [6.07, 6.45) is 3.51. The van der Waals surface area contributed by atoms with E-state index in [2.05, 4.69) is 20.3 Å². The number of amides is 1. The molecular formula is C24H23N5O3. The summed E-state index contributed by atoms with van der Waals surface area (Å²) in [6.45, 7) is 3.77. The van der Waals surface area contributed by atoms with Crippen LogP contribution in [-0.4, -0.2) is 59.8 Å². The van der Waals surface area contributed by atoms with Gasteiger partial charge in [0.25, 0.3) is 5.91 Å². The second kappa shape index (κ2) is 9.15. The first-order valence-electron chi connectivity index (χ1n) is 10.6. The molecule has 32 heavy (non-hydrogen) atoms. The summed E-state index contributed by atoms with van der Waals surface area (Å²) in [5.41, 5.74) is 3.04. The molecule has 162 valence electrons. The molecule has 3 aromatic rings. The van der Waals surface area contributed by atoms with Crippen molar-refractivity contribution >= 4 is 12.1 Å². The van der Waals surface area contributed by atoms with Gasteiger partial charge in [-0.2, -0.15) is 4.98 Å². The molecule has 2 aromatic carbocycles. The zero-order valence-corrected chi connectivity index (χ0v) is 17.5. The van der Waals surface area contributed by atoms with Crippen molar-refractivity contribution < 1.29 is 14.3 Å². The number of aliphatic imine (C=N–C) groups is 1. The molecule has 5 rings (SSSR count). The summed E-state index contributed by atoms with van der Waals surface area (Å²) in [5.74, 6) is 2.25. The standard InChI is InChI=1S/C24H23N5O3/c30-23(29-10-8-25-9-11-29)16-31-20-3-1-2-17(12-20)24-27-7-6-22(28-24)32-21-5-4-18-14-26-15-19(18)13-21/h1-7,12-13,15,25H,8-11,14,16H2. The van der Waals surface area contributed by atoms with Gasteiger partial charge in [-0.1, -0.05) is 18.2 Å². The molecule has 0 bridgehead atoms. The first-order valence-corrected chi connectivity index (χ1v) is 10.6. The van der Waals surface area contributed by atoms with E-state index >= 15 is 0 Å². The van der Waals surface area contributed by atoms with Crippen LogP contribution < -0.4 is 14.8 Å². The highest BCUT2D eigenvalue weighted by Gasteiger charge is 2.16. The van der Waals surface area contributed by atoms with E-state index in [4.69, 9.17) is 9.47 Å². The Morgan fingerprint density at radius 1 is 1.06 bits per heavy atom. The maximum absolute atomic E-state index is 12.3. The highest BCUT2D eigenvalue weighted by molar-refractivity contribution is 5.85. The smallest absolute Gasteiger partial charge is 0.260 e. The van der Waals surface area contributed by atoms with E-state index in [0.29, 0.717) is 42.8 Å². The van der Waals surface area contributed by atoms with Crippen LogP contribution in [0.2, 0.25) is 0 Å². The molecular weight excluding hydrogens is 406 g/mol. The number of nitrogens with zero attached hydrogens (tertiary/aromatic N) is 4. The van der Waals surface area contributed by atoms with Gasteiger partial charge in [-0.25, -0.2) is 4.98 Å². The van der Waals surface area contributed by atoms with Crippen LogP contribution in [0, 0.1) is 0 Å². The van der Waals surface area contributed by atoms with Crippen molar-refractivity contribution in [3.05, 3.63) is 65.9 Å². The fourth-order valence-electron chi connectivity index (χ4n) is 3.68. The number of carbonyl (C=O) groups excluding carboxylic acids is 1. The summed E-state index contributed by atoms with van der Waals surface area (Å²) in [7, 11) is 0. The Labute approximate surface area is 185 Å². The van der Waals surface area contributed by atoms with Crippen LogP contribution in [0.15, 0.2) is 59.7 Å². The van der Waals surface area contributed by atoms with E-state index in [9.17, 15) is 4.79 Å². The van der Waals surface area contributed by atoms with Crippen LogP contribution in [0.4, 0.5) is 0 Å². The number of benzene rings is 2. The molecule has 1 N–H and O–H groups in total. The van der Waals surface area contributed by atoms with Gasteiger partial charge in [0.2, 0.25) is 5.88 Å². The Balaban J connectivity index is 1.27. The average molecular weight is 429 g/mol. The minimum absolute atomic E-state index is 0.00902. The third kappa shape index (κ3) is 4.60. The van der Waals surface area contributed by atoms with Gasteiger partial charge >= 0.3 is 0 Å². The fraction of sp³-hybridized carbons (Fsp3) is 0.250. The van der Waals surface area contributed by atoms with Crippen LogP contribution in [-0.2, 0) is 11.3 Å².